The van der Waals surface area contributed by atoms with E-state index in [4.69, 9.17) is 11.6 Å². The average molecular weight is 416 g/mol. The van der Waals surface area contributed by atoms with Crippen molar-refractivity contribution >= 4 is 28.1 Å². The summed E-state index contributed by atoms with van der Waals surface area (Å²) in [5, 5.41) is 8.77. The highest BCUT2D eigenvalue weighted by Crippen LogP contribution is 2.56. The summed E-state index contributed by atoms with van der Waals surface area (Å²) in [6.07, 6.45) is -11.4. The van der Waals surface area contributed by atoms with Gasteiger partial charge in [0.15, 0.2) is 5.41 Å². The van der Waals surface area contributed by atoms with Crippen LogP contribution in [0.15, 0.2) is 24.3 Å². The number of hydrogen-bond acceptors (Lipinski definition) is 4. The van der Waals surface area contributed by atoms with E-state index in [1.54, 1.807) is 24.3 Å². The third-order valence-electron chi connectivity index (χ3n) is 4.35. The summed E-state index contributed by atoms with van der Waals surface area (Å²) in [7, 11) is 0. The van der Waals surface area contributed by atoms with Gasteiger partial charge in [-0.2, -0.15) is 26.3 Å². The van der Waals surface area contributed by atoms with Crippen molar-refractivity contribution < 1.29 is 26.3 Å². The molecule has 11 heteroatoms. The van der Waals surface area contributed by atoms with Crippen LogP contribution in [0, 0.1) is 5.41 Å². The Kier molecular flexibility index (Phi) is 4.85. The molecule has 3 nitrogen and oxygen atoms in total. The van der Waals surface area contributed by atoms with Gasteiger partial charge in [0.05, 0.1) is 0 Å². The molecule has 0 spiro atoms. The Morgan fingerprint density at radius 3 is 2.19 bits per heavy atom. The zero-order valence-corrected chi connectivity index (χ0v) is 14.6. The SMILES string of the molecule is FC(F)(F)C1(C(F)(F)F)CCN(c2nnc(Cc3ccc(Cl)cc3)s2)C1. The van der Waals surface area contributed by atoms with Crippen molar-refractivity contribution in [2.24, 2.45) is 5.41 Å². The average Bonchev–Trinajstić information content (AvgIpc) is 3.15. The molecule has 2 aromatic rings. The number of hydrogen-bond donors (Lipinski definition) is 0. The summed E-state index contributed by atoms with van der Waals surface area (Å²) in [4.78, 5) is 1.00. The number of aromatic nitrogens is 2. The first-order valence-corrected chi connectivity index (χ1v) is 8.66. The van der Waals surface area contributed by atoms with E-state index in [-0.39, 0.29) is 11.7 Å². The summed E-state index contributed by atoms with van der Waals surface area (Å²) >= 11 is 6.78. The number of halogens is 7. The van der Waals surface area contributed by atoms with E-state index in [1.807, 2.05) is 0 Å². The van der Waals surface area contributed by atoms with Crippen LogP contribution in [-0.4, -0.2) is 35.6 Å². The monoisotopic (exact) mass is 415 g/mol. The van der Waals surface area contributed by atoms with Crippen molar-refractivity contribution in [3.05, 3.63) is 39.9 Å². The molecule has 1 aromatic heterocycles. The predicted molar refractivity (Wildman–Crippen MR) is 85.5 cm³/mol. The van der Waals surface area contributed by atoms with E-state index in [0.29, 0.717) is 16.5 Å². The lowest BCUT2D eigenvalue weighted by atomic mass is 9.85. The van der Waals surface area contributed by atoms with Gasteiger partial charge in [-0.25, -0.2) is 0 Å². The molecule has 0 N–H and O–H groups in total. The standard InChI is InChI=1S/C15H12ClF6N3S/c16-10-3-1-9(2-4-10)7-11-23-24-12(26-11)25-6-5-13(8-25,14(17,18)19)15(20,21)22/h1-4H,5-8H2. The molecule has 26 heavy (non-hydrogen) atoms. The maximum atomic E-state index is 13.1. The molecule has 1 saturated heterocycles. The van der Waals surface area contributed by atoms with Crippen molar-refractivity contribution in [3.8, 4) is 0 Å². The fourth-order valence-corrected chi connectivity index (χ4v) is 3.84. The summed E-state index contributed by atoms with van der Waals surface area (Å²) in [5.74, 6) is 0. The molecule has 0 atom stereocenters. The third-order valence-corrected chi connectivity index (χ3v) is 5.59. The van der Waals surface area contributed by atoms with Crippen LogP contribution >= 0.6 is 22.9 Å². The van der Waals surface area contributed by atoms with Crippen LogP contribution in [0.4, 0.5) is 31.5 Å². The van der Waals surface area contributed by atoms with Gasteiger partial charge < -0.3 is 4.90 Å². The second kappa shape index (κ2) is 6.56. The van der Waals surface area contributed by atoms with Crippen LogP contribution < -0.4 is 4.90 Å². The second-order valence-corrected chi connectivity index (χ2v) is 7.51. The van der Waals surface area contributed by atoms with Crippen LogP contribution in [0.25, 0.3) is 0 Å². The zero-order valence-electron chi connectivity index (χ0n) is 13.0. The zero-order chi connectivity index (χ0) is 19.2. The Morgan fingerprint density at radius 1 is 1.04 bits per heavy atom. The van der Waals surface area contributed by atoms with Crippen LogP contribution in [0.2, 0.25) is 5.02 Å². The molecule has 1 aliphatic heterocycles. The van der Waals surface area contributed by atoms with Crippen LogP contribution in [0.1, 0.15) is 17.0 Å². The van der Waals surface area contributed by atoms with Crippen molar-refractivity contribution in [1.29, 1.82) is 0 Å². The lowest BCUT2D eigenvalue weighted by Gasteiger charge is -2.33. The molecule has 0 bridgehead atoms. The summed E-state index contributed by atoms with van der Waals surface area (Å²) in [5.41, 5.74) is -2.87. The molecule has 1 aromatic carbocycles. The fourth-order valence-electron chi connectivity index (χ4n) is 2.82. The van der Waals surface area contributed by atoms with Gasteiger partial charge in [-0.05, 0) is 24.1 Å². The van der Waals surface area contributed by atoms with E-state index in [9.17, 15) is 26.3 Å². The summed E-state index contributed by atoms with van der Waals surface area (Å²) in [6.45, 7) is -1.58. The lowest BCUT2D eigenvalue weighted by molar-refractivity contribution is -0.332. The quantitative estimate of drug-likeness (QED) is 0.653. The minimum absolute atomic E-state index is 0.0596. The first-order chi connectivity index (χ1) is 12.0. The van der Waals surface area contributed by atoms with Crippen molar-refractivity contribution in [2.75, 3.05) is 18.0 Å². The molecule has 3 rings (SSSR count). The molecule has 1 fully saturated rings. The molecule has 1 aliphatic rings. The van der Waals surface area contributed by atoms with E-state index in [1.165, 1.54) is 0 Å². The number of nitrogens with zero attached hydrogens (tertiary/aromatic N) is 3. The molecule has 0 radical (unpaired) electrons. The molecule has 142 valence electrons. The molecule has 0 saturated carbocycles. The second-order valence-electron chi connectivity index (χ2n) is 6.03. The van der Waals surface area contributed by atoms with Gasteiger partial charge in [0, 0.05) is 24.5 Å². The van der Waals surface area contributed by atoms with Gasteiger partial charge in [0.1, 0.15) is 5.01 Å². The largest absolute Gasteiger partial charge is 0.404 e. The van der Waals surface area contributed by atoms with Crippen molar-refractivity contribution in [2.45, 2.75) is 25.2 Å². The molecule has 0 amide bonds. The summed E-state index contributed by atoms with van der Waals surface area (Å²) < 4.78 is 78.8. The van der Waals surface area contributed by atoms with E-state index < -0.39 is 30.7 Å². The molecule has 2 heterocycles. The number of benzene rings is 1. The van der Waals surface area contributed by atoms with Gasteiger partial charge in [-0.3, -0.25) is 0 Å². The number of anilines is 1. The molecular weight excluding hydrogens is 404 g/mol. The van der Waals surface area contributed by atoms with Gasteiger partial charge in [-0.1, -0.05) is 35.1 Å². The predicted octanol–water partition coefficient (Wildman–Crippen LogP) is 5.10. The highest BCUT2D eigenvalue weighted by molar-refractivity contribution is 7.15. The normalized spacial score (nSPS) is 17.7. The Labute approximate surface area is 153 Å². The smallest absolute Gasteiger partial charge is 0.345 e. The number of alkyl halides is 6. The highest BCUT2D eigenvalue weighted by Gasteiger charge is 2.72. The van der Waals surface area contributed by atoms with Gasteiger partial charge in [0.2, 0.25) is 5.13 Å². The van der Waals surface area contributed by atoms with E-state index >= 15 is 0 Å². The van der Waals surface area contributed by atoms with Gasteiger partial charge in [-0.15, -0.1) is 10.2 Å². The van der Waals surface area contributed by atoms with Gasteiger partial charge in [0.25, 0.3) is 0 Å². The summed E-state index contributed by atoms with van der Waals surface area (Å²) in [6, 6.07) is 6.88. The van der Waals surface area contributed by atoms with Crippen LogP contribution in [-0.2, 0) is 6.42 Å². The first-order valence-electron chi connectivity index (χ1n) is 7.47. The minimum Gasteiger partial charge on any atom is -0.345 e. The maximum absolute atomic E-state index is 13.1. The lowest BCUT2D eigenvalue weighted by Crippen LogP contribution is -2.51. The van der Waals surface area contributed by atoms with Crippen molar-refractivity contribution in [1.82, 2.24) is 10.2 Å². The van der Waals surface area contributed by atoms with Crippen LogP contribution in [0.3, 0.4) is 0 Å². The Morgan fingerprint density at radius 2 is 1.65 bits per heavy atom. The Balaban J connectivity index is 1.77. The van der Waals surface area contributed by atoms with Gasteiger partial charge >= 0.3 is 12.4 Å². The Hall–Kier alpha value is -1.55. The third kappa shape index (κ3) is 3.48. The maximum Gasteiger partial charge on any atom is 0.404 e. The molecule has 0 aliphatic carbocycles. The van der Waals surface area contributed by atoms with Crippen molar-refractivity contribution in [3.63, 3.8) is 0 Å². The van der Waals surface area contributed by atoms with E-state index in [2.05, 4.69) is 10.2 Å². The minimum atomic E-state index is -5.38. The molecular formula is C15H12ClF6N3S. The topological polar surface area (TPSA) is 29.0 Å². The Bertz CT molecular complexity index is 757. The van der Waals surface area contributed by atoms with Crippen LogP contribution in [0.5, 0.6) is 0 Å². The molecule has 0 unspecified atom stereocenters. The van der Waals surface area contributed by atoms with E-state index in [0.717, 1.165) is 21.8 Å². The number of rotatable bonds is 3. The fraction of sp³-hybridized carbons (Fsp3) is 0.467. The first kappa shape index (κ1) is 19.2. The highest BCUT2D eigenvalue weighted by atomic mass is 35.5.